The number of fused-ring (bicyclic) bond motifs is 2. The smallest absolute Gasteiger partial charge is 0.106 e. The third-order valence-electron chi connectivity index (χ3n) is 5.25. The molecule has 0 bridgehead atoms. The summed E-state index contributed by atoms with van der Waals surface area (Å²) >= 11 is 8.00. The Balaban J connectivity index is 1.61. The van der Waals surface area contributed by atoms with Crippen LogP contribution < -0.4 is 5.32 Å². The molecule has 2 aromatic heterocycles. The van der Waals surface area contributed by atoms with Gasteiger partial charge in [0.05, 0.1) is 28.9 Å². The SMILES string of the molecule is CCCCn1cc([C@@H]2C[C@]3(C[C@H](C)N2)OCCc2cc(Cl)sc23)nn1. The highest BCUT2D eigenvalue weighted by molar-refractivity contribution is 7.16. The number of nitrogens with one attached hydrogen (secondary N) is 1. The van der Waals surface area contributed by atoms with E-state index in [-0.39, 0.29) is 11.6 Å². The summed E-state index contributed by atoms with van der Waals surface area (Å²) in [6, 6.07) is 2.63. The maximum atomic E-state index is 6.40. The van der Waals surface area contributed by atoms with Crippen molar-refractivity contribution in [1.29, 1.82) is 0 Å². The van der Waals surface area contributed by atoms with Gasteiger partial charge in [-0.2, -0.15) is 0 Å². The predicted molar refractivity (Wildman–Crippen MR) is 100 cm³/mol. The number of thiophene rings is 1. The lowest BCUT2D eigenvalue weighted by atomic mass is 9.79. The van der Waals surface area contributed by atoms with Gasteiger partial charge in [-0.1, -0.05) is 30.2 Å². The minimum absolute atomic E-state index is 0.158. The van der Waals surface area contributed by atoms with Crippen molar-refractivity contribution in [3.05, 3.63) is 32.7 Å². The van der Waals surface area contributed by atoms with Crippen LogP contribution in [0.3, 0.4) is 0 Å². The van der Waals surface area contributed by atoms with E-state index in [0.29, 0.717) is 6.04 Å². The molecule has 4 rings (SSSR count). The molecule has 25 heavy (non-hydrogen) atoms. The number of rotatable bonds is 4. The van der Waals surface area contributed by atoms with Crippen LogP contribution in [0.1, 0.15) is 61.7 Å². The minimum Gasteiger partial charge on any atom is -0.369 e. The number of piperidine rings is 1. The number of ether oxygens (including phenoxy) is 1. The van der Waals surface area contributed by atoms with Crippen LogP contribution in [0.15, 0.2) is 12.3 Å². The average Bonchev–Trinajstić information content (AvgIpc) is 3.19. The molecule has 1 spiro atoms. The first-order valence-corrected chi connectivity index (χ1v) is 10.4. The monoisotopic (exact) mass is 380 g/mol. The summed E-state index contributed by atoms with van der Waals surface area (Å²) in [5, 5.41) is 12.4. The van der Waals surface area contributed by atoms with Gasteiger partial charge in [0, 0.05) is 23.9 Å². The molecule has 2 aliphatic rings. The van der Waals surface area contributed by atoms with Gasteiger partial charge in [0.1, 0.15) is 5.60 Å². The highest BCUT2D eigenvalue weighted by atomic mass is 35.5. The fourth-order valence-electron chi connectivity index (χ4n) is 4.15. The highest BCUT2D eigenvalue weighted by Gasteiger charge is 2.46. The number of aryl methyl sites for hydroxylation is 1. The van der Waals surface area contributed by atoms with E-state index < -0.39 is 0 Å². The van der Waals surface area contributed by atoms with E-state index in [1.807, 2.05) is 4.68 Å². The molecular formula is C18H25ClN4OS. The summed E-state index contributed by atoms with van der Waals surface area (Å²) in [7, 11) is 0. The number of hydrogen-bond acceptors (Lipinski definition) is 5. The quantitative estimate of drug-likeness (QED) is 0.868. The van der Waals surface area contributed by atoms with Gasteiger partial charge in [0.25, 0.3) is 0 Å². The van der Waals surface area contributed by atoms with Gasteiger partial charge in [-0.25, -0.2) is 0 Å². The zero-order chi connectivity index (χ0) is 17.4. The molecule has 1 saturated heterocycles. The molecule has 0 amide bonds. The first-order valence-electron chi connectivity index (χ1n) is 9.18. The maximum Gasteiger partial charge on any atom is 0.106 e. The second kappa shape index (κ2) is 6.99. The third-order valence-corrected chi connectivity index (χ3v) is 6.74. The minimum atomic E-state index is -0.242. The van der Waals surface area contributed by atoms with Gasteiger partial charge in [-0.05, 0) is 37.8 Å². The summed E-state index contributed by atoms with van der Waals surface area (Å²) in [6.45, 7) is 6.11. The lowest BCUT2D eigenvalue weighted by Crippen LogP contribution is -2.49. The van der Waals surface area contributed by atoms with Crippen molar-refractivity contribution in [1.82, 2.24) is 20.3 Å². The Labute approximate surface area is 157 Å². The molecule has 0 aliphatic carbocycles. The fraction of sp³-hybridized carbons (Fsp3) is 0.667. The second-order valence-corrected chi connectivity index (χ2v) is 8.97. The van der Waals surface area contributed by atoms with E-state index >= 15 is 0 Å². The average molecular weight is 381 g/mol. The van der Waals surface area contributed by atoms with Crippen LogP contribution in [0.5, 0.6) is 0 Å². The van der Waals surface area contributed by atoms with Gasteiger partial charge in [0.15, 0.2) is 0 Å². The van der Waals surface area contributed by atoms with E-state index in [1.54, 1.807) is 11.3 Å². The Morgan fingerprint density at radius 3 is 3.20 bits per heavy atom. The Morgan fingerprint density at radius 1 is 1.48 bits per heavy atom. The fourth-order valence-corrected chi connectivity index (χ4v) is 5.62. The first-order chi connectivity index (χ1) is 12.1. The zero-order valence-corrected chi connectivity index (χ0v) is 16.4. The van der Waals surface area contributed by atoms with E-state index in [1.165, 1.54) is 10.4 Å². The topological polar surface area (TPSA) is 52.0 Å². The van der Waals surface area contributed by atoms with Crippen LogP contribution in [-0.2, 0) is 23.3 Å². The largest absolute Gasteiger partial charge is 0.369 e. The number of halogens is 1. The molecule has 1 N–H and O–H groups in total. The number of unbranched alkanes of at least 4 members (excludes halogenated alkanes) is 1. The number of hydrogen-bond donors (Lipinski definition) is 1. The van der Waals surface area contributed by atoms with Gasteiger partial charge in [-0.3, -0.25) is 4.68 Å². The van der Waals surface area contributed by atoms with Gasteiger partial charge < -0.3 is 10.1 Å². The van der Waals surface area contributed by atoms with E-state index in [4.69, 9.17) is 16.3 Å². The van der Waals surface area contributed by atoms with Crippen LogP contribution in [0.25, 0.3) is 0 Å². The molecule has 2 aliphatic heterocycles. The molecule has 0 unspecified atom stereocenters. The van der Waals surface area contributed by atoms with Crippen molar-refractivity contribution in [3.8, 4) is 0 Å². The standard InChI is InChI=1S/C18H25ClN4OS/c1-3-4-6-23-11-15(21-22-23)14-10-18(9-12(2)20-14)17-13(5-7-24-18)8-16(19)25-17/h8,11-12,14,20H,3-7,9-10H2,1-2H3/t12-,14-,18-/m0/s1. The second-order valence-electron chi connectivity index (χ2n) is 7.29. The number of nitrogens with zero attached hydrogens (tertiary/aromatic N) is 3. The van der Waals surface area contributed by atoms with Crippen LogP contribution in [0.4, 0.5) is 0 Å². The van der Waals surface area contributed by atoms with E-state index in [2.05, 4.69) is 41.7 Å². The summed E-state index contributed by atoms with van der Waals surface area (Å²) in [5.74, 6) is 0. The lowest BCUT2D eigenvalue weighted by Gasteiger charge is -2.45. The van der Waals surface area contributed by atoms with Gasteiger partial charge in [-0.15, -0.1) is 16.4 Å². The molecule has 0 saturated carbocycles. The maximum absolute atomic E-state index is 6.40. The molecule has 3 atom stereocenters. The van der Waals surface area contributed by atoms with Crippen molar-refractivity contribution < 1.29 is 4.74 Å². The first kappa shape index (κ1) is 17.5. The Bertz CT molecular complexity index is 745. The van der Waals surface area contributed by atoms with Crippen LogP contribution >= 0.6 is 22.9 Å². The van der Waals surface area contributed by atoms with Crippen molar-refractivity contribution in [2.75, 3.05) is 6.61 Å². The molecule has 4 heterocycles. The Morgan fingerprint density at radius 2 is 2.36 bits per heavy atom. The Kier molecular flexibility index (Phi) is 4.88. The molecule has 1 fully saturated rings. The van der Waals surface area contributed by atoms with Crippen molar-refractivity contribution in [3.63, 3.8) is 0 Å². The molecule has 136 valence electrons. The summed E-state index contributed by atoms with van der Waals surface area (Å²) in [5.41, 5.74) is 2.13. The highest BCUT2D eigenvalue weighted by Crippen LogP contribution is 2.49. The molecule has 7 heteroatoms. The third kappa shape index (κ3) is 3.37. The molecular weight excluding hydrogens is 356 g/mol. The van der Waals surface area contributed by atoms with Crippen molar-refractivity contribution in [2.45, 2.75) is 70.2 Å². The van der Waals surface area contributed by atoms with Crippen molar-refractivity contribution >= 4 is 22.9 Å². The lowest BCUT2D eigenvalue weighted by molar-refractivity contribution is -0.0957. The number of aromatic nitrogens is 3. The van der Waals surface area contributed by atoms with Crippen LogP contribution in [-0.4, -0.2) is 27.6 Å². The molecule has 5 nitrogen and oxygen atoms in total. The summed E-state index contributed by atoms with van der Waals surface area (Å²) in [6.07, 6.45) is 7.18. The van der Waals surface area contributed by atoms with E-state index in [9.17, 15) is 0 Å². The van der Waals surface area contributed by atoms with Gasteiger partial charge >= 0.3 is 0 Å². The molecule has 0 aromatic carbocycles. The normalized spacial score (nSPS) is 29.1. The predicted octanol–water partition coefficient (Wildman–Crippen LogP) is 4.07. The Hall–Kier alpha value is -0.950. The zero-order valence-electron chi connectivity index (χ0n) is 14.8. The molecule has 0 radical (unpaired) electrons. The van der Waals surface area contributed by atoms with Gasteiger partial charge in [0.2, 0.25) is 0 Å². The van der Waals surface area contributed by atoms with Crippen LogP contribution in [0, 0.1) is 0 Å². The van der Waals surface area contributed by atoms with Crippen LogP contribution in [0.2, 0.25) is 4.34 Å². The summed E-state index contributed by atoms with van der Waals surface area (Å²) in [4.78, 5) is 1.32. The molecule has 2 aromatic rings. The van der Waals surface area contributed by atoms with Crippen molar-refractivity contribution in [2.24, 2.45) is 0 Å². The van der Waals surface area contributed by atoms with E-state index in [0.717, 1.165) is 55.3 Å². The summed E-state index contributed by atoms with van der Waals surface area (Å²) < 4.78 is 9.22.